The van der Waals surface area contributed by atoms with E-state index < -0.39 is 5.97 Å². The van der Waals surface area contributed by atoms with Crippen molar-refractivity contribution in [3.05, 3.63) is 35.6 Å². The van der Waals surface area contributed by atoms with Gasteiger partial charge in [0.25, 0.3) is 0 Å². The largest absolute Gasteiger partial charge is 0.478 e. The monoisotopic (exact) mass is 259 g/mol. The normalized spacial score (nSPS) is 16.8. The minimum absolute atomic E-state index is 0.321. The lowest BCUT2D eigenvalue weighted by molar-refractivity contribution is 0.0694. The summed E-state index contributed by atoms with van der Waals surface area (Å²) in [5, 5.41) is 10.1. The van der Waals surface area contributed by atoms with Crippen LogP contribution in [0.25, 0.3) is 11.0 Å². The SMILES string of the molecule is O=C(O)c1c(CN2CCCCC2)oc2ccccc12. The van der Waals surface area contributed by atoms with Crippen LogP contribution in [0.4, 0.5) is 0 Å². The van der Waals surface area contributed by atoms with Crippen molar-refractivity contribution >= 4 is 16.9 Å². The van der Waals surface area contributed by atoms with E-state index in [2.05, 4.69) is 4.90 Å². The predicted octanol–water partition coefficient (Wildman–Crippen LogP) is 3.12. The van der Waals surface area contributed by atoms with E-state index in [0.29, 0.717) is 28.8 Å². The van der Waals surface area contributed by atoms with Crippen LogP contribution < -0.4 is 0 Å². The Labute approximate surface area is 111 Å². The quantitative estimate of drug-likeness (QED) is 0.920. The molecule has 0 bridgehead atoms. The molecule has 1 aliphatic heterocycles. The van der Waals surface area contributed by atoms with Crippen molar-refractivity contribution in [2.75, 3.05) is 13.1 Å². The fraction of sp³-hybridized carbons (Fsp3) is 0.400. The number of piperidine rings is 1. The summed E-state index contributed by atoms with van der Waals surface area (Å²) in [4.78, 5) is 13.7. The van der Waals surface area contributed by atoms with Crippen LogP contribution in [0, 0.1) is 0 Å². The highest BCUT2D eigenvalue weighted by Gasteiger charge is 2.22. The number of carboxylic acid groups (broad SMARTS) is 1. The van der Waals surface area contributed by atoms with Gasteiger partial charge in [-0.3, -0.25) is 4.90 Å². The molecular weight excluding hydrogens is 242 g/mol. The molecule has 1 saturated heterocycles. The summed E-state index contributed by atoms with van der Waals surface area (Å²) in [5.74, 6) is -0.326. The molecule has 0 radical (unpaired) electrons. The van der Waals surface area contributed by atoms with Crippen molar-refractivity contribution in [2.24, 2.45) is 0 Å². The van der Waals surface area contributed by atoms with Gasteiger partial charge in [0, 0.05) is 5.39 Å². The van der Waals surface area contributed by atoms with E-state index in [-0.39, 0.29) is 0 Å². The summed E-state index contributed by atoms with van der Waals surface area (Å²) in [7, 11) is 0. The number of para-hydroxylation sites is 1. The van der Waals surface area contributed by atoms with Crippen LogP contribution >= 0.6 is 0 Å². The van der Waals surface area contributed by atoms with Gasteiger partial charge in [0.15, 0.2) is 0 Å². The van der Waals surface area contributed by atoms with E-state index >= 15 is 0 Å². The second kappa shape index (κ2) is 5.05. The van der Waals surface area contributed by atoms with Gasteiger partial charge in [0.2, 0.25) is 0 Å². The highest BCUT2D eigenvalue weighted by Crippen LogP contribution is 2.27. The van der Waals surface area contributed by atoms with Crippen LogP contribution in [0.2, 0.25) is 0 Å². The molecule has 0 unspecified atom stereocenters. The highest BCUT2D eigenvalue weighted by molar-refractivity contribution is 6.03. The molecule has 100 valence electrons. The fourth-order valence-corrected chi connectivity index (χ4v) is 2.76. The lowest BCUT2D eigenvalue weighted by Gasteiger charge is -2.25. The summed E-state index contributed by atoms with van der Waals surface area (Å²) in [5.41, 5.74) is 0.980. The smallest absolute Gasteiger partial charge is 0.339 e. The van der Waals surface area contributed by atoms with Crippen molar-refractivity contribution in [3.8, 4) is 0 Å². The number of furan rings is 1. The van der Waals surface area contributed by atoms with Crippen LogP contribution in [0.1, 0.15) is 35.4 Å². The Bertz CT molecular complexity index is 596. The molecule has 3 rings (SSSR count). The summed E-state index contributed by atoms with van der Waals surface area (Å²) in [6, 6.07) is 7.33. The van der Waals surface area contributed by atoms with Crippen molar-refractivity contribution < 1.29 is 14.3 Å². The van der Waals surface area contributed by atoms with Gasteiger partial charge in [0.1, 0.15) is 16.9 Å². The number of aromatic carboxylic acids is 1. The lowest BCUT2D eigenvalue weighted by Crippen LogP contribution is -2.29. The molecule has 1 aliphatic rings. The van der Waals surface area contributed by atoms with Gasteiger partial charge in [0.05, 0.1) is 6.54 Å². The third-order valence-corrected chi connectivity index (χ3v) is 3.70. The molecule has 0 atom stereocenters. The Morgan fingerprint density at radius 3 is 2.68 bits per heavy atom. The molecule has 1 N–H and O–H groups in total. The first-order chi connectivity index (χ1) is 9.25. The lowest BCUT2D eigenvalue weighted by atomic mass is 10.1. The zero-order chi connectivity index (χ0) is 13.2. The Morgan fingerprint density at radius 1 is 1.21 bits per heavy atom. The second-order valence-electron chi connectivity index (χ2n) is 5.04. The summed E-state index contributed by atoms with van der Waals surface area (Å²) >= 11 is 0. The molecule has 2 heterocycles. The van der Waals surface area contributed by atoms with Gasteiger partial charge >= 0.3 is 5.97 Å². The maximum atomic E-state index is 11.5. The zero-order valence-corrected chi connectivity index (χ0v) is 10.8. The van der Waals surface area contributed by atoms with Crippen molar-refractivity contribution in [1.29, 1.82) is 0 Å². The average Bonchev–Trinajstić information content (AvgIpc) is 2.77. The average molecular weight is 259 g/mol. The van der Waals surface area contributed by atoms with Gasteiger partial charge in [-0.1, -0.05) is 24.6 Å². The predicted molar refractivity (Wildman–Crippen MR) is 72.3 cm³/mol. The van der Waals surface area contributed by atoms with Crippen LogP contribution in [0.5, 0.6) is 0 Å². The Morgan fingerprint density at radius 2 is 1.95 bits per heavy atom. The fourth-order valence-electron chi connectivity index (χ4n) is 2.76. The number of carboxylic acids is 1. The van der Waals surface area contributed by atoms with E-state index in [1.165, 1.54) is 19.3 Å². The summed E-state index contributed by atoms with van der Waals surface area (Å²) < 4.78 is 5.74. The van der Waals surface area contributed by atoms with Gasteiger partial charge in [-0.15, -0.1) is 0 Å². The van der Waals surface area contributed by atoms with Crippen molar-refractivity contribution in [1.82, 2.24) is 4.90 Å². The molecule has 1 aromatic carbocycles. The first-order valence-electron chi connectivity index (χ1n) is 6.72. The molecule has 0 amide bonds. The first kappa shape index (κ1) is 12.2. The first-order valence-corrected chi connectivity index (χ1v) is 6.72. The van der Waals surface area contributed by atoms with Gasteiger partial charge in [-0.2, -0.15) is 0 Å². The van der Waals surface area contributed by atoms with Gasteiger partial charge in [-0.05, 0) is 32.0 Å². The molecule has 1 fully saturated rings. The maximum absolute atomic E-state index is 11.5. The molecule has 0 aliphatic carbocycles. The molecule has 4 heteroatoms. The number of fused-ring (bicyclic) bond motifs is 1. The molecule has 1 aromatic heterocycles. The molecule has 4 nitrogen and oxygen atoms in total. The third kappa shape index (κ3) is 2.36. The molecule has 0 spiro atoms. The summed E-state index contributed by atoms with van der Waals surface area (Å²) in [6.45, 7) is 2.64. The topological polar surface area (TPSA) is 53.7 Å². The van der Waals surface area contributed by atoms with E-state index in [0.717, 1.165) is 13.1 Å². The number of nitrogens with zero attached hydrogens (tertiary/aromatic N) is 1. The molecular formula is C15H17NO3. The standard InChI is InChI=1S/C15H17NO3/c17-15(18)14-11-6-2-3-7-12(11)19-13(14)10-16-8-4-1-5-9-16/h2-3,6-7H,1,4-5,8-10H2,(H,17,18). The number of benzene rings is 1. The summed E-state index contributed by atoms with van der Waals surface area (Å²) in [6.07, 6.45) is 3.63. The van der Waals surface area contributed by atoms with Gasteiger partial charge < -0.3 is 9.52 Å². The minimum Gasteiger partial charge on any atom is -0.478 e. The Kier molecular flexibility index (Phi) is 3.25. The number of hydrogen-bond donors (Lipinski definition) is 1. The Balaban J connectivity index is 1.97. The molecule has 19 heavy (non-hydrogen) atoms. The van der Waals surface area contributed by atoms with E-state index in [9.17, 15) is 9.90 Å². The second-order valence-corrected chi connectivity index (χ2v) is 5.04. The van der Waals surface area contributed by atoms with Crippen LogP contribution in [0.3, 0.4) is 0 Å². The highest BCUT2D eigenvalue weighted by atomic mass is 16.4. The number of rotatable bonds is 3. The molecule has 0 saturated carbocycles. The zero-order valence-electron chi connectivity index (χ0n) is 10.8. The van der Waals surface area contributed by atoms with Crippen molar-refractivity contribution in [3.63, 3.8) is 0 Å². The minimum atomic E-state index is -0.906. The van der Waals surface area contributed by atoms with E-state index in [4.69, 9.17) is 4.42 Å². The Hall–Kier alpha value is -1.81. The maximum Gasteiger partial charge on any atom is 0.339 e. The third-order valence-electron chi connectivity index (χ3n) is 3.70. The van der Waals surface area contributed by atoms with Crippen LogP contribution in [-0.4, -0.2) is 29.1 Å². The number of hydrogen-bond acceptors (Lipinski definition) is 3. The molecule has 2 aromatic rings. The van der Waals surface area contributed by atoms with Crippen LogP contribution in [-0.2, 0) is 6.54 Å². The van der Waals surface area contributed by atoms with E-state index in [1.54, 1.807) is 0 Å². The van der Waals surface area contributed by atoms with Crippen molar-refractivity contribution in [2.45, 2.75) is 25.8 Å². The van der Waals surface area contributed by atoms with Gasteiger partial charge in [-0.25, -0.2) is 4.79 Å². The van der Waals surface area contributed by atoms with E-state index in [1.807, 2.05) is 24.3 Å². The number of likely N-dealkylation sites (tertiary alicyclic amines) is 1. The van der Waals surface area contributed by atoms with Crippen LogP contribution in [0.15, 0.2) is 28.7 Å². The number of carbonyl (C=O) groups is 1.